The second-order valence-corrected chi connectivity index (χ2v) is 4.14. The quantitative estimate of drug-likeness (QED) is 0.448. The van der Waals surface area contributed by atoms with Gasteiger partial charge >= 0.3 is 0 Å². The number of phenolic OH excluding ortho intramolecular Hbond substituents is 2. The molecule has 0 unspecified atom stereocenters. The number of rotatable bonds is 3. The maximum Gasteiger partial charge on any atom is 0.272 e. The van der Waals surface area contributed by atoms with Crippen molar-refractivity contribution in [1.29, 1.82) is 0 Å². The summed E-state index contributed by atoms with van der Waals surface area (Å²) < 4.78 is 0. The third-order valence-corrected chi connectivity index (χ3v) is 2.55. The van der Waals surface area contributed by atoms with Gasteiger partial charge in [-0.3, -0.25) is 9.78 Å². The lowest BCUT2D eigenvalue weighted by Gasteiger charge is -2.00. The van der Waals surface area contributed by atoms with Gasteiger partial charge in [0.15, 0.2) is 11.5 Å². The SMILES string of the molecule is Cc1ccc(C(=O)N/N=C\c2ccc(O)c(O)c2)cn1. The summed E-state index contributed by atoms with van der Waals surface area (Å²) >= 11 is 0. The molecule has 102 valence electrons. The molecule has 0 aliphatic rings. The Balaban J connectivity index is 2.00. The van der Waals surface area contributed by atoms with Crippen molar-refractivity contribution in [2.75, 3.05) is 0 Å². The van der Waals surface area contributed by atoms with Crippen LogP contribution in [0.25, 0.3) is 0 Å². The van der Waals surface area contributed by atoms with E-state index in [1.165, 1.54) is 24.5 Å². The Morgan fingerprint density at radius 3 is 2.70 bits per heavy atom. The molecule has 3 N–H and O–H groups in total. The molecular formula is C14H13N3O3. The average Bonchev–Trinajstić information content (AvgIpc) is 2.43. The summed E-state index contributed by atoms with van der Waals surface area (Å²) in [6.07, 6.45) is 2.82. The number of aromatic nitrogens is 1. The van der Waals surface area contributed by atoms with E-state index in [0.717, 1.165) is 5.69 Å². The predicted octanol–water partition coefficient (Wildman–Crippen LogP) is 1.57. The van der Waals surface area contributed by atoms with E-state index in [1.54, 1.807) is 18.2 Å². The average molecular weight is 271 g/mol. The van der Waals surface area contributed by atoms with Gasteiger partial charge in [-0.2, -0.15) is 5.10 Å². The Bertz CT molecular complexity index is 651. The number of carbonyl (C=O) groups is 1. The summed E-state index contributed by atoms with van der Waals surface area (Å²) in [5.41, 5.74) is 4.12. The largest absolute Gasteiger partial charge is 0.504 e. The lowest BCUT2D eigenvalue weighted by Crippen LogP contribution is -2.17. The van der Waals surface area contributed by atoms with Crippen molar-refractivity contribution in [3.8, 4) is 11.5 Å². The zero-order chi connectivity index (χ0) is 14.5. The Hall–Kier alpha value is -2.89. The Morgan fingerprint density at radius 2 is 2.05 bits per heavy atom. The van der Waals surface area contributed by atoms with Gasteiger partial charge in [-0.05, 0) is 42.8 Å². The van der Waals surface area contributed by atoms with Crippen LogP contribution in [0.2, 0.25) is 0 Å². The van der Waals surface area contributed by atoms with Gasteiger partial charge in [0.1, 0.15) is 0 Å². The Morgan fingerprint density at radius 1 is 1.25 bits per heavy atom. The van der Waals surface area contributed by atoms with E-state index in [2.05, 4.69) is 15.5 Å². The molecule has 0 radical (unpaired) electrons. The van der Waals surface area contributed by atoms with E-state index in [0.29, 0.717) is 11.1 Å². The van der Waals surface area contributed by atoms with E-state index >= 15 is 0 Å². The van der Waals surface area contributed by atoms with Crippen molar-refractivity contribution >= 4 is 12.1 Å². The first-order valence-electron chi connectivity index (χ1n) is 5.84. The lowest BCUT2D eigenvalue weighted by molar-refractivity contribution is 0.0955. The highest BCUT2D eigenvalue weighted by atomic mass is 16.3. The summed E-state index contributed by atoms with van der Waals surface area (Å²) in [5.74, 6) is -0.836. The molecule has 0 aliphatic carbocycles. The number of aromatic hydroxyl groups is 2. The van der Waals surface area contributed by atoms with E-state index < -0.39 is 0 Å². The second kappa shape index (κ2) is 5.83. The number of carbonyl (C=O) groups excluding carboxylic acids is 1. The molecule has 0 saturated carbocycles. The standard InChI is InChI=1S/C14H13N3O3/c1-9-2-4-11(8-15-9)14(20)17-16-7-10-3-5-12(18)13(19)6-10/h2-8,18-19H,1H3,(H,17,20)/b16-7-. The molecule has 6 nitrogen and oxygen atoms in total. The van der Waals surface area contributed by atoms with Gasteiger partial charge in [0.25, 0.3) is 5.91 Å². The minimum atomic E-state index is -0.378. The number of aryl methyl sites for hydroxylation is 1. The molecule has 1 aromatic heterocycles. The van der Waals surface area contributed by atoms with Gasteiger partial charge in [-0.1, -0.05) is 0 Å². The Kier molecular flexibility index (Phi) is 3.95. The van der Waals surface area contributed by atoms with Crippen LogP contribution >= 0.6 is 0 Å². The molecule has 0 atom stereocenters. The third kappa shape index (κ3) is 3.32. The minimum Gasteiger partial charge on any atom is -0.504 e. The monoisotopic (exact) mass is 271 g/mol. The molecule has 1 amide bonds. The van der Waals surface area contributed by atoms with E-state index in [4.69, 9.17) is 5.11 Å². The summed E-state index contributed by atoms with van der Waals surface area (Å²) in [7, 11) is 0. The van der Waals surface area contributed by atoms with Crippen molar-refractivity contribution in [2.24, 2.45) is 5.10 Å². The summed E-state index contributed by atoms with van der Waals surface area (Å²) in [4.78, 5) is 15.7. The van der Waals surface area contributed by atoms with Gasteiger partial charge in [0.2, 0.25) is 0 Å². The Labute approximate surface area is 115 Å². The van der Waals surface area contributed by atoms with Crippen LogP contribution in [0.1, 0.15) is 21.6 Å². The number of benzene rings is 1. The van der Waals surface area contributed by atoms with Crippen molar-refractivity contribution in [3.63, 3.8) is 0 Å². The molecule has 2 aromatic rings. The summed E-state index contributed by atoms with van der Waals surface area (Å²) in [5, 5.41) is 22.2. The molecule has 0 saturated heterocycles. The zero-order valence-electron chi connectivity index (χ0n) is 10.7. The maximum absolute atomic E-state index is 11.7. The van der Waals surface area contributed by atoms with Gasteiger partial charge in [-0.25, -0.2) is 5.43 Å². The number of hydrogen-bond donors (Lipinski definition) is 3. The van der Waals surface area contributed by atoms with Crippen molar-refractivity contribution < 1.29 is 15.0 Å². The highest BCUT2D eigenvalue weighted by Gasteiger charge is 2.03. The first-order chi connectivity index (χ1) is 9.56. The lowest BCUT2D eigenvalue weighted by atomic mass is 10.2. The molecule has 0 fully saturated rings. The topological polar surface area (TPSA) is 94.8 Å². The molecule has 0 bridgehead atoms. The van der Waals surface area contributed by atoms with Crippen LogP contribution in [-0.4, -0.2) is 27.3 Å². The fourth-order valence-corrected chi connectivity index (χ4v) is 1.45. The number of nitrogens with one attached hydrogen (secondary N) is 1. The zero-order valence-corrected chi connectivity index (χ0v) is 10.7. The summed E-state index contributed by atoms with van der Waals surface area (Å²) in [6.45, 7) is 1.83. The highest BCUT2D eigenvalue weighted by Crippen LogP contribution is 2.23. The first-order valence-corrected chi connectivity index (χ1v) is 5.84. The van der Waals surface area contributed by atoms with Gasteiger partial charge in [0, 0.05) is 11.9 Å². The van der Waals surface area contributed by atoms with Crippen LogP contribution in [0.15, 0.2) is 41.6 Å². The molecule has 0 spiro atoms. The van der Waals surface area contributed by atoms with Crippen molar-refractivity contribution in [1.82, 2.24) is 10.4 Å². The van der Waals surface area contributed by atoms with Gasteiger partial charge < -0.3 is 10.2 Å². The number of amides is 1. The molecule has 6 heteroatoms. The van der Waals surface area contributed by atoms with Crippen LogP contribution in [0.4, 0.5) is 0 Å². The number of nitrogens with zero attached hydrogens (tertiary/aromatic N) is 2. The molecular weight excluding hydrogens is 258 g/mol. The normalized spacial score (nSPS) is 10.7. The molecule has 0 aliphatic heterocycles. The highest BCUT2D eigenvalue weighted by molar-refractivity contribution is 5.94. The van der Waals surface area contributed by atoms with Crippen LogP contribution in [0.3, 0.4) is 0 Å². The molecule has 1 heterocycles. The second-order valence-electron chi connectivity index (χ2n) is 4.14. The minimum absolute atomic E-state index is 0.211. The molecule has 20 heavy (non-hydrogen) atoms. The summed E-state index contributed by atoms with van der Waals surface area (Å²) in [6, 6.07) is 7.61. The number of phenols is 2. The fourth-order valence-electron chi connectivity index (χ4n) is 1.45. The maximum atomic E-state index is 11.7. The van der Waals surface area contributed by atoms with E-state index in [9.17, 15) is 9.90 Å². The van der Waals surface area contributed by atoms with Crippen molar-refractivity contribution in [3.05, 3.63) is 53.3 Å². The van der Waals surface area contributed by atoms with E-state index in [-0.39, 0.29) is 17.4 Å². The first kappa shape index (κ1) is 13.5. The van der Waals surface area contributed by atoms with Crippen molar-refractivity contribution in [2.45, 2.75) is 6.92 Å². The third-order valence-electron chi connectivity index (χ3n) is 2.55. The smallest absolute Gasteiger partial charge is 0.272 e. The molecule has 2 rings (SSSR count). The van der Waals surface area contributed by atoms with Crippen LogP contribution in [0.5, 0.6) is 11.5 Å². The van der Waals surface area contributed by atoms with Crippen LogP contribution in [0, 0.1) is 6.92 Å². The van der Waals surface area contributed by atoms with Gasteiger partial charge in [-0.15, -0.1) is 0 Å². The number of pyridine rings is 1. The van der Waals surface area contributed by atoms with E-state index in [1.807, 2.05) is 6.92 Å². The van der Waals surface area contributed by atoms with Gasteiger partial charge in [0.05, 0.1) is 11.8 Å². The van der Waals surface area contributed by atoms with Crippen LogP contribution in [-0.2, 0) is 0 Å². The van der Waals surface area contributed by atoms with Crippen LogP contribution < -0.4 is 5.43 Å². The number of hydrogen-bond acceptors (Lipinski definition) is 5. The fraction of sp³-hybridized carbons (Fsp3) is 0.0714. The molecule has 1 aromatic carbocycles. The number of hydrazone groups is 1. The predicted molar refractivity (Wildman–Crippen MR) is 73.8 cm³/mol.